The Hall–Kier alpha value is -1.35. The van der Waals surface area contributed by atoms with Gasteiger partial charge in [-0.2, -0.15) is 0 Å². The number of amides is 1. The third kappa shape index (κ3) is 4.64. The van der Waals surface area contributed by atoms with E-state index >= 15 is 0 Å². The highest BCUT2D eigenvalue weighted by Crippen LogP contribution is 2.15. The van der Waals surface area contributed by atoms with Gasteiger partial charge in [0.2, 0.25) is 5.91 Å². The summed E-state index contributed by atoms with van der Waals surface area (Å²) in [6.07, 6.45) is 5.82. The zero-order valence-corrected chi connectivity index (χ0v) is 12.7. The van der Waals surface area contributed by atoms with Gasteiger partial charge in [0.05, 0.1) is 0 Å². The number of nitrogens with one attached hydrogen (secondary N) is 1. The van der Waals surface area contributed by atoms with E-state index in [9.17, 15) is 4.79 Å². The molecular formula is C17H26N2O. The molecule has 1 N–H and O–H groups in total. The summed E-state index contributed by atoms with van der Waals surface area (Å²) in [4.78, 5) is 14.4. The van der Waals surface area contributed by atoms with Crippen molar-refractivity contribution >= 4 is 11.6 Å². The number of rotatable bonds is 4. The predicted molar refractivity (Wildman–Crippen MR) is 84.1 cm³/mol. The van der Waals surface area contributed by atoms with Crippen LogP contribution in [-0.4, -0.2) is 30.4 Å². The van der Waals surface area contributed by atoms with Gasteiger partial charge < -0.3 is 10.2 Å². The van der Waals surface area contributed by atoms with Gasteiger partial charge in [-0.05, 0) is 63.0 Å². The average molecular weight is 274 g/mol. The van der Waals surface area contributed by atoms with E-state index in [4.69, 9.17) is 0 Å². The van der Waals surface area contributed by atoms with Crippen molar-refractivity contribution in [2.24, 2.45) is 0 Å². The van der Waals surface area contributed by atoms with Crippen LogP contribution in [0.4, 0.5) is 5.69 Å². The van der Waals surface area contributed by atoms with Gasteiger partial charge in [0, 0.05) is 18.7 Å². The van der Waals surface area contributed by atoms with Crippen LogP contribution < -0.4 is 5.32 Å². The lowest BCUT2D eigenvalue weighted by Gasteiger charge is -2.19. The molecule has 0 spiro atoms. The van der Waals surface area contributed by atoms with Crippen LogP contribution in [0, 0.1) is 13.8 Å². The Kier molecular flexibility index (Phi) is 5.60. The highest BCUT2D eigenvalue weighted by molar-refractivity contribution is 5.90. The van der Waals surface area contributed by atoms with Gasteiger partial charge in [-0.3, -0.25) is 4.79 Å². The van der Waals surface area contributed by atoms with Crippen LogP contribution in [0.1, 0.15) is 43.2 Å². The molecule has 0 aliphatic carbocycles. The van der Waals surface area contributed by atoms with Crippen LogP contribution in [0.2, 0.25) is 0 Å². The zero-order chi connectivity index (χ0) is 14.4. The molecule has 0 saturated carbocycles. The zero-order valence-electron chi connectivity index (χ0n) is 12.7. The van der Waals surface area contributed by atoms with Gasteiger partial charge in [0.1, 0.15) is 0 Å². The molecule has 0 atom stereocenters. The second kappa shape index (κ2) is 7.44. The number of aryl methyl sites for hydroxylation is 2. The minimum atomic E-state index is 0.123. The van der Waals surface area contributed by atoms with Crippen molar-refractivity contribution in [3.05, 3.63) is 29.3 Å². The Morgan fingerprint density at radius 1 is 1.10 bits per heavy atom. The number of likely N-dealkylation sites (tertiary alicyclic amines) is 1. The summed E-state index contributed by atoms with van der Waals surface area (Å²) in [5.41, 5.74) is 3.39. The van der Waals surface area contributed by atoms with Gasteiger partial charge in [-0.1, -0.05) is 18.9 Å². The van der Waals surface area contributed by atoms with E-state index in [1.54, 1.807) is 0 Å². The van der Waals surface area contributed by atoms with Crippen LogP contribution in [0.5, 0.6) is 0 Å². The second-order valence-corrected chi connectivity index (χ2v) is 5.85. The van der Waals surface area contributed by atoms with Crippen molar-refractivity contribution in [3.63, 3.8) is 0 Å². The summed E-state index contributed by atoms with van der Waals surface area (Å²) < 4.78 is 0. The number of carbonyl (C=O) groups is 1. The maximum Gasteiger partial charge on any atom is 0.225 e. The van der Waals surface area contributed by atoms with Crippen LogP contribution in [0.15, 0.2) is 18.2 Å². The number of hydrogen-bond donors (Lipinski definition) is 1. The van der Waals surface area contributed by atoms with Gasteiger partial charge in [-0.15, -0.1) is 0 Å². The maximum absolute atomic E-state index is 12.0. The van der Waals surface area contributed by atoms with Gasteiger partial charge >= 0.3 is 0 Å². The van der Waals surface area contributed by atoms with E-state index in [0.717, 1.165) is 25.3 Å². The molecule has 1 aliphatic heterocycles. The van der Waals surface area contributed by atoms with Crippen LogP contribution in [-0.2, 0) is 4.79 Å². The van der Waals surface area contributed by atoms with Gasteiger partial charge in [0.25, 0.3) is 0 Å². The van der Waals surface area contributed by atoms with Crippen molar-refractivity contribution in [2.45, 2.75) is 46.0 Å². The van der Waals surface area contributed by atoms with E-state index in [1.165, 1.54) is 36.8 Å². The van der Waals surface area contributed by atoms with Crippen molar-refractivity contribution in [2.75, 3.05) is 25.0 Å². The van der Waals surface area contributed by atoms with Crippen molar-refractivity contribution in [1.29, 1.82) is 0 Å². The van der Waals surface area contributed by atoms with E-state index in [0.29, 0.717) is 6.42 Å². The number of carbonyl (C=O) groups excluding carboxylic acids is 1. The summed E-state index contributed by atoms with van der Waals surface area (Å²) in [5.74, 6) is 0.123. The molecule has 2 rings (SSSR count). The minimum absolute atomic E-state index is 0.123. The lowest BCUT2D eigenvalue weighted by Crippen LogP contribution is -2.28. The Labute approximate surface area is 122 Å². The molecule has 0 aromatic heterocycles. The number of hydrogen-bond acceptors (Lipinski definition) is 2. The van der Waals surface area contributed by atoms with Crippen LogP contribution >= 0.6 is 0 Å². The molecule has 0 radical (unpaired) electrons. The number of benzene rings is 1. The summed E-state index contributed by atoms with van der Waals surface area (Å²) in [6.45, 7) is 7.34. The molecule has 3 heteroatoms. The van der Waals surface area contributed by atoms with E-state index in [2.05, 4.69) is 30.1 Å². The third-order valence-corrected chi connectivity index (χ3v) is 4.14. The molecule has 0 bridgehead atoms. The number of nitrogens with zero attached hydrogens (tertiary/aromatic N) is 1. The Bertz CT molecular complexity index is 448. The van der Waals surface area contributed by atoms with Crippen LogP contribution in [0.3, 0.4) is 0 Å². The number of anilines is 1. The summed E-state index contributed by atoms with van der Waals surface area (Å²) in [6, 6.07) is 6.07. The maximum atomic E-state index is 12.0. The Morgan fingerprint density at radius 2 is 1.80 bits per heavy atom. The molecule has 1 aromatic carbocycles. The summed E-state index contributed by atoms with van der Waals surface area (Å²) in [7, 11) is 0. The SMILES string of the molecule is Cc1ccc(NC(=O)CCN2CCCCCC2)cc1C. The molecule has 1 amide bonds. The Morgan fingerprint density at radius 3 is 2.45 bits per heavy atom. The smallest absolute Gasteiger partial charge is 0.225 e. The summed E-state index contributed by atoms with van der Waals surface area (Å²) in [5, 5.41) is 3.00. The first-order valence-corrected chi connectivity index (χ1v) is 7.74. The molecule has 3 nitrogen and oxygen atoms in total. The van der Waals surface area contributed by atoms with Gasteiger partial charge in [0.15, 0.2) is 0 Å². The fourth-order valence-electron chi connectivity index (χ4n) is 2.66. The lowest BCUT2D eigenvalue weighted by atomic mass is 10.1. The highest BCUT2D eigenvalue weighted by atomic mass is 16.1. The predicted octanol–water partition coefficient (Wildman–Crippen LogP) is 3.51. The minimum Gasteiger partial charge on any atom is -0.326 e. The first kappa shape index (κ1) is 15.0. The average Bonchev–Trinajstić information content (AvgIpc) is 2.69. The largest absolute Gasteiger partial charge is 0.326 e. The Balaban J connectivity index is 1.78. The van der Waals surface area contributed by atoms with Crippen molar-refractivity contribution in [3.8, 4) is 0 Å². The first-order valence-electron chi connectivity index (χ1n) is 7.74. The first-order chi connectivity index (χ1) is 9.65. The van der Waals surface area contributed by atoms with E-state index in [1.807, 2.05) is 12.1 Å². The normalized spacial score (nSPS) is 16.7. The quantitative estimate of drug-likeness (QED) is 0.911. The molecule has 1 aromatic rings. The van der Waals surface area contributed by atoms with Gasteiger partial charge in [-0.25, -0.2) is 0 Å². The molecule has 1 saturated heterocycles. The van der Waals surface area contributed by atoms with E-state index < -0.39 is 0 Å². The summed E-state index contributed by atoms with van der Waals surface area (Å²) >= 11 is 0. The molecule has 110 valence electrons. The molecule has 0 unspecified atom stereocenters. The fraction of sp³-hybridized carbons (Fsp3) is 0.588. The molecular weight excluding hydrogens is 248 g/mol. The third-order valence-electron chi connectivity index (χ3n) is 4.14. The highest BCUT2D eigenvalue weighted by Gasteiger charge is 2.11. The topological polar surface area (TPSA) is 32.3 Å². The van der Waals surface area contributed by atoms with E-state index in [-0.39, 0.29) is 5.91 Å². The second-order valence-electron chi connectivity index (χ2n) is 5.85. The molecule has 1 heterocycles. The lowest BCUT2D eigenvalue weighted by molar-refractivity contribution is -0.116. The van der Waals surface area contributed by atoms with Crippen LogP contribution in [0.25, 0.3) is 0 Å². The standard InChI is InChI=1S/C17H26N2O/c1-14-7-8-16(13-15(14)2)18-17(20)9-12-19-10-5-3-4-6-11-19/h7-8,13H,3-6,9-12H2,1-2H3,(H,18,20). The molecule has 1 aliphatic rings. The monoisotopic (exact) mass is 274 g/mol. The van der Waals surface area contributed by atoms with Crippen molar-refractivity contribution < 1.29 is 4.79 Å². The molecule has 20 heavy (non-hydrogen) atoms. The molecule has 1 fully saturated rings. The van der Waals surface area contributed by atoms with Crippen molar-refractivity contribution in [1.82, 2.24) is 4.90 Å². The fourth-order valence-corrected chi connectivity index (χ4v) is 2.66.